The Bertz CT molecular complexity index is 841. The molecule has 0 fully saturated rings. The summed E-state index contributed by atoms with van der Waals surface area (Å²) in [7, 11) is -1.48. The lowest BCUT2D eigenvalue weighted by Crippen LogP contribution is -2.47. The molecule has 0 saturated heterocycles. The normalized spacial score (nSPS) is 12.4. The van der Waals surface area contributed by atoms with Gasteiger partial charge in [0.2, 0.25) is 15.9 Å². The Balaban J connectivity index is 2.34. The molecular formula is C17H19FN2O4S. The second-order valence-corrected chi connectivity index (χ2v) is 6.96. The molecule has 134 valence electrons. The quantitative estimate of drug-likeness (QED) is 0.777. The lowest BCUT2D eigenvalue weighted by atomic mass is 10.1. The van der Waals surface area contributed by atoms with E-state index in [1.807, 2.05) is 6.07 Å². The zero-order chi connectivity index (χ0) is 18.4. The van der Waals surface area contributed by atoms with Crippen LogP contribution in [0.25, 0.3) is 0 Å². The summed E-state index contributed by atoms with van der Waals surface area (Å²) in [5.41, 5.74) is 0.782. The molecule has 8 heteroatoms. The van der Waals surface area contributed by atoms with E-state index in [4.69, 9.17) is 4.74 Å². The van der Waals surface area contributed by atoms with E-state index in [2.05, 4.69) is 10.0 Å². The van der Waals surface area contributed by atoms with E-state index >= 15 is 0 Å². The van der Waals surface area contributed by atoms with Crippen LogP contribution in [0.2, 0.25) is 0 Å². The molecule has 2 aromatic rings. The monoisotopic (exact) mass is 366 g/mol. The summed E-state index contributed by atoms with van der Waals surface area (Å²) in [5, 5.41) is 2.43. The third-order valence-corrected chi connectivity index (χ3v) is 5.05. The molecule has 1 amide bonds. The molecule has 2 N–H and O–H groups in total. The number of benzene rings is 2. The summed E-state index contributed by atoms with van der Waals surface area (Å²) >= 11 is 0. The summed E-state index contributed by atoms with van der Waals surface area (Å²) in [6, 6.07) is 11.1. The molecule has 6 nitrogen and oxygen atoms in total. The van der Waals surface area contributed by atoms with Gasteiger partial charge in [-0.05, 0) is 30.2 Å². The smallest absolute Gasteiger partial charge is 0.245 e. The first-order valence-corrected chi connectivity index (χ1v) is 8.97. The van der Waals surface area contributed by atoms with Gasteiger partial charge in [-0.25, -0.2) is 12.8 Å². The summed E-state index contributed by atoms with van der Waals surface area (Å²) in [6.45, 7) is 0. The minimum absolute atomic E-state index is 0.00994. The van der Waals surface area contributed by atoms with Crippen LogP contribution in [-0.4, -0.2) is 34.5 Å². The van der Waals surface area contributed by atoms with Crippen LogP contribution in [0.4, 0.5) is 4.39 Å². The number of amides is 1. The molecule has 0 aliphatic rings. The fraction of sp³-hybridized carbons (Fsp3) is 0.235. The molecule has 0 radical (unpaired) electrons. The molecule has 0 aliphatic heterocycles. The van der Waals surface area contributed by atoms with E-state index in [1.54, 1.807) is 24.3 Å². The SMILES string of the molecule is CNC(=O)C(Cc1ccccc1)NS(=O)(=O)c1cc(F)ccc1OC. The second-order valence-electron chi connectivity index (χ2n) is 5.27. The van der Waals surface area contributed by atoms with Gasteiger partial charge in [0.1, 0.15) is 22.5 Å². The maximum atomic E-state index is 13.5. The van der Waals surface area contributed by atoms with Crippen LogP contribution >= 0.6 is 0 Å². The van der Waals surface area contributed by atoms with E-state index in [0.717, 1.165) is 17.7 Å². The molecule has 1 unspecified atom stereocenters. The predicted molar refractivity (Wildman–Crippen MR) is 91.3 cm³/mol. The maximum Gasteiger partial charge on any atom is 0.245 e. The first-order valence-electron chi connectivity index (χ1n) is 7.48. The number of hydrogen-bond donors (Lipinski definition) is 2. The van der Waals surface area contributed by atoms with Crippen molar-refractivity contribution in [2.24, 2.45) is 0 Å². The summed E-state index contributed by atoms with van der Waals surface area (Å²) in [5.74, 6) is -1.23. The molecule has 2 rings (SSSR count). The van der Waals surface area contributed by atoms with Crippen molar-refractivity contribution in [2.45, 2.75) is 17.4 Å². The molecule has 1 atom stereocenters. The van der Waals surface area contributed by atoms with Crippen molar-refractivity contribution in [1.29, 1.82) is 0 Å². The molecule has 0 heterocycles. The van der Waals surface area contributed by atoms with Crippen LogP contribution in [0.3, 0.4) is 0 Å². The number of methoxy groups -OCH3 is 1. The summed E-state index contributed by atoms with van der Waals surface area (Å²) < 4.78 is 46.1. The van der Waals surface area contributed by atoms with Gasteiger partial charge in [-0.15, -0.1) is 0 Å². The Morgan fingerprint density at radius 3 is 2.48 bits per heavy atom. The van der Waals surface area contributed by atoms with Crippen molar-refractivity contribution in [3.05, 3.63) is 59.9 Å². The number of likely N-dealkylation sites (N-methyl/N-ethyl adjacent to an activating group) is 1. The van der Waals surface area contributed by atoms with Gasteiger partial charge in [0.05, 0.1) is 7.11 Å². The molecule has 0 aliphatic carbocycles. The first kappa shape index (κ1) is 18.9. The third-order valence-electron chi connectivity index (χ3n) is 3.56. The Hall–Kier alpha value is -2.45. The average molecular weight is 366 g/mol. The molecule has 25 heavy (non-hydrogen) atoms. The number of halogens is 1. The van der Waals surface area contributed by atoms with Gasteiger partial charge < -0.3 is 10.1 Å². The third kappa shape index (κ3) is 4.77. The highest BCUT2D eigenvalue weighted by molar-refractivity contribution is 7.89. The van der Waals surface area contributed by atoms with E-state index in [9.17, 15) is 17.6 Å². The van der Waals surface area contributed by atoms with Crippen molar-refractivity contribution in [1.82, 2.24) is 10.0 Å². The van der Waals surface area contributed by atoms with Crippen LogP contribution in [0.15, 0.2) is 53.4 Å². The topological polar surface area (TPSA) is 84.5 Å². The molecule has 0 spiro atoms. The maximum absolute atomic E-state index is 13.5. The van der Waals surface area contributed by atoms with Crippen LogP contribution in [-0.2, 0) is 21.2 Å². The number of rotatable bonds is 7. The van der Waals surface area contributed by atoms with Crippen molar-refractivity contribution in [3.8, 4) is 5.75 Å². The van der Waals surface area contributed by atoms with E-state index < -0.39 is 27.8 Å². The van der Waals surface area contributed by atoms with Crippen LogP contribution < -0.4 is 14.8 Å². The minimum Gasteiger partial charge on any atom is -0.495 e. The first-order chi connectivity index (χ1) is 11.9. The van der Waals surface area contributed by atoms with E-state index in [1.165, 1.54) is 20.2 Å². The van der Waals surface area contributed by atoms with Crippen LogP contribution in [0.1, 0.15) is 5.56 Å². The lowest BCUT2D eigenvalue weighted by molar-refractivity contribution is -0.122. The van der Waals surface area contributed by atoms with E-state index in [-0.39, 0.29) is 17.1 Å². The number of sulfonamides is 1. The highest BCUT2D eigenvalue weighted by atomic mass is 32.2. The number of hydrogen-bond acceptors (Lipinski definition) is 4. The fourth-order valence-electron chi connectivity index (χ4n) is 2.32. The molecule has 0 aromatic heterocycles. The summed E-state index contributed by atoms with van der Waals surface area (Å²) in [4.78, 5) is 11.7. The minimum atomic E-state index is -4.18. The van der Waals surface area contributed by atoms with Gasteiger partial charge in [0, 0.05) is 7.05 Å². The van der Waals surface area contributed by atoms with Crippen LogP contribution in [0.5, 0.6) is 5.75 Å². The molecule has 0 bridgehead atoms. The number of carbonyl (C=O) groups is 1. The predicted octanol–water partition coefficient (Wildman–Crippen LogP) is 1.47. The zero-order valence-corrected chi connectivity index (χ0v) is 14.6. The Morgan fingerprint density at radius 2 is 1.88 bits per heavy atom. The van der Waals surface area contributed by atoms with Gasteiger partial charge in [-0.1, -0.05) is 30.3 Å². The lowest BCUT2D eigenvalue weighted by Gasteiger charge is -2.18. The zero-order valence-electron chi connectivity index (χ0n) is 13.8. The Labute approximate surface area is 146 Å². The average Bonchev–Trinajstić information content (AvgIpc) is 2.61. The van der Waals surface area contributed by atoms with E-state index in [0.29, 0.717) is 0 Å². The van der Waals surface area contributed by atoms with Crippen molar-refractivity contribution >= 4 is 15.9 Å². The number of ether oxygens (including phenoxy) is 1. The van der Waals surface area contributed by atoms with Gasteiger partial charge in [0.15, 0.2) is 0 Å². The number of nitrogens with one attached hydrogen (secondary N) is 2. The molecule has 2 aromatic carbocycles. The Morgan fingerprint density at radius 1 is 1.20 bits per heavy atom. The highest BCUT2D eigenvalue weighted by Gasteiger charge is 2.28. The van der Waals surface area contributed by atoms with Crippen molar-refractivity contribution < 1.29 is 22.3 Å². The highest BCUT2D eigenvalue weighted by Crippen LogP contribution is 2.24. The fourth-order valence-corrected chi connectivity index (χ4v) is 3.70. The van der Waals surface area contributed by atoms with Gasteiger partial charge >= 0.3 is 0 Å². The summed E-state index contributed by atoms with van der Waals surface area (Å²) in [6.07, 6.45) is 0.150. The number of carbonyl (C=O) groups excluding carboxylic acids is 1. The second kappa shape index (κ2) is 8.09. The molecule has 0 saturated carbocycles. The Kier molecular flexibility index (Phi) is 6.11. The largest absolute Gasteiger partial charge is 0.495 e. The van der Waals surface area contributed by atoms with Gasteiger partial charge in [-0.2, -0.15) is 4.72 Å². The van der Waals surface area contributed by atoms with Crippen molar-refractivity contribution in [2.75, 3.05) is 14.2 Å². The van der Waals surface area contributed by atoms with Crippen LogP contribution in [0, 0.1) is 5.82 Å². The standard InChI is InChI=1S/C17H19FN2O4S/c1-19-17(21)14(10-12-6-4-3-5-7-12)20-25(22,23)16-11-13(18)8-9-15(16)24-2/h3-9,11,14,20H,10H2,1-2H3,(H,19,21). The van der Waals surface area contributed by atoms with Crippen molar-refractivity contribution in [3.63, 3.8) is 0 Å². The van der Waals surface area contributed by atoms with Gasteiger partial charge in [0.25, 0.3) is 0 Å². The van der Waals surface area contributed by atoms with Gasteiger partial charge in [-0.3, -0.25) is 4.79 Å². The molecular weight excluding hydrogens is 347 g/mol.